The van der Waals surface area contributed by atoms with Gasteiger partial charge in [0, 0.05) is 36.4 Å². The van der Waals surface area contributed by atoms with Gasteiger partial charge in [0.2, 0.25) is 0 Å². The number of nitrogens with two attached hydrogens (primary N) is 1. The van der Waals surface area contributed by atoms with E-state index in [-0.39, 0.29) is 5.91 Å². The van der Waals surface area contributed by atoms with Crippen LogP contribution in [0.2, 0.25) is 0 Å². The van der Waals surface area contributed by atoms with E-state index in [0.29, 0.717) is 55.4 Å². The lowest BCUT2D eigenvalue weighted by molar-refractivity contribution is 0.0675. The van der Waals surface area contributed by atoms with Crippen LogP contribution < -0.4 is 11.1 Å². The molecule has 2 aliphatic rings. The number of nitriles is 1. The average Bonchev–Trinajstić information content (AvgIpc) is 2.85. The van der Waals surface area contributed by atoms with E-state index in [1.165, 1.54) is 0 Å². The van der Waals surface area contributed by atoms with Crippen molar-refractivity contribution >= 4 is 11.7 Å². The normalized spacial score (nSPS) is 17.2. The van der Waals surface area contributed by atoms with Crippen molar-refractivity contribution < 1.29 is 9.53 Å². The van der Waals surface area contributed by atoms with Gasteiger partial charge in [-0.1, -0.05) is 30.3 Å². The standard InChI is InChI=1S/C25H23N5O2/c26-15-25(8-11-32-12-9-25)19-4-1-16(2-5-19)21-14-29-23(27)22(30-21)18-3-6-20-17(13-18)7-10-28-24(20)31/h1-6,13-14H,7-12H2,(H2,27,29)(H,28,31). The smallest absolute Gasteiger partial charge is 0.251 e. The number of hydrogen-bond acceptors (Lipinski definition) is 6. The Labute approximate surface area is 186 Å². The molecule has 2 aromatic carbocycles. The monoisotopic (exact) mass is 425 g/mol. The molecule has 0 unspecified atom stereocenters. The molecule has 3 N–H and O–H groups in total. The van der Waals surface area contributed by atoms with Crippen LogP contribution in [0, 0.1) is 11.3 Å². The number of carbonyl (C=O) groups excluding carboxylic acids is 1. The minimum absolute atomic E-state index is 0.0506. The molecule has 0 spiro atoms. The largest absolute Gasteiger partial charge is 0.382 e. The second-order valence-electron chi connectivity index (χ2n) is 8.25. The van der Waals surface area contributed by atoms with Crippen molar-refractivity contribution in [3.05, 3.63) is 65.4 Å². The molecule has 3 heterocycles. The van der Waals surface area contributed by atoms with Crippen molar-refractivity contribution in [3.8, 4) is 28.6 Å². The number of hydrogen-bond donors (Lipinski definition) is 2. The summed E-state index contributed by atoms with van der Waals surface area (Å²) < 4.78 is 5.44. The van der Waals surface area contributed by atoms with Gasteiger partial charge >= 0.3 is 0 Å². The minimum Gasteiger partial charge on any atom is -0.382 e. The first kappa shape index (κ1) is 20.2. The van der Waals surface area contributed by atoms with Crippen LogP contribution in [0.3, 0.4) is 0 Å². The van der Waals surface area contributed by atoms with Gasteiger partial charge in [-0.2, -0.15) is 5.26 Å². The molecule has 5 rings (SSSR count). The van der Waals surface area contributed by atoms with Gasteiger partial charge < -0.3 is 15.8 Å². The Morgan fingerprint density at radius 1 is 1.09 bits per heavy atom. The first-order valence-electron chi connectivity index (χ1n) is 10.7. The second kappa shape index (κ2) is 8.06. The number of anilines is 1. The highest BCUT2D eigenvalue weighted by molar-refractivity contribution is 5.97. The zero-order valence-corrected chi connectivity index (χ0v) is 17.6. The van der Waals surface area contributed by atoms with Gasteiger partial charge in [-0.15, -0.1) is 0 Å². The number of rotatable bonds is 3. The lowest BCUT2D eigenvalue weighted by Gasteiger charge is -2.31. The van der Waals surface area contributed by atoms with Crippen molar-refractivity contribution in [2.45, 2.75) is 24.7 Å². The molecule has 0 bridgehead atoms. The number of benzene rings is 2. The molecule has 3 aromatic rings. The van der Waals surface area contributed by atoms with Gasteiger partial charge in [0.25, 0.3) is 5.91 Å². The topological polar surface area (TPSA) is 114 Å². The number of nitrogens with zero attached hydrogens (tertiary/aromatic N) is 3. The van der Waals surface area contributed by atoms with Crippen LogP contribution >= 0.6 is 0 Å². The summed E-state index contributed by atoms with van der Waals surface area (Å²) in [6, 6.07) is 16.1. The fourth-order valence-electron chi connectivity index (χ4n) is 4.47. The number of nitrogen functional groups attached to an aromatic ring is 1. The number of amides is 1. The maximum Gasteiger partial charge on any atom is 0.251 e. The Hall–Kier alpha value is -3.76. The summed E-state index contributed by atoms with van der Waals surface area (Å²) >= 11 is 0. The lowest BCUT2D eigenvalue weighted by atomic mass is 9.75. The van der Waals surface area contributed by atoms with Crippen molar-refractivity contribution in [3.63, 3.8) is 0 Å². The zero-order valence-electron chi connectivity index (χ0n) is 17.6. The maximum atomic E-state index is 12.0. The van der Waals surface area contributed by atoms with Gasteiger partial charge in [0.05, 0.1) is 23.4 Å². The van der Waals surface area contributed by atoms with Crippen LogP contribution in [0.25, 0.3) is 22.5 Å². The molecule has 0 saturated carbocycles. The fourth-order valence-corrected chi connectivity index (χ4v) is 4.47. The van der Waals surface area contributed by atoms with E-state index in [1.807, 2.05) is 42.5 Å². The molecule has 7 nitrogen and oxygen atoms in total. The Balaban J connectivity index is 1.48. The molecular formula is C25H23N5O2. The highest BCUT2D eigenvalue weighted by Crippen LogP contribution is 2.35. The van der Waals surface area contributed by atoms with E-state index >= 15 is 0 Å². The average molecular weight is 425 g/mol. The number of ether oxygens (including phenoxy) is 1. The first-order chi connectivity index (χ1) is 15.6. The van der Waals surface area contributed by atoms with E-state index in [4.69, 9.17) is 15.5 Å². The van der Waals surface area contributed by atoms with Gasteiger partial charge in [-0.25, -0.2) is 9.97 Å². The molecule has 2 aliphatic heterocycles. The summed E-state index contributed by atoms with van der Waals surface area (Å²) in [6.45, 7) is 1.83. The highest BCUT2D eigenvalue weighted by Gasteiger charge is 2.34. The highest BCUT2D eigenvalue weighted by atomic mass is 16.5. The molecule has 7 heteroatoms. The molecule has 1 saturated heterocycles. The minimum atomic E-state index is -0.496. The van der Waals surface area contributed by atoms with Crippen LogP contribution in [-0.4, -0.2) is 35.6 Å². The predicted octanol–water partition coefficient (Wildman–Crippen LogP) is 3.25. The third kappa shape index (κ3) is 3.49. The van der Waals surface area contributed by atoms with Crippen molar-refractivity contribution in [2.75, 3.05) is 25.5 Å². The molecule has 0 radical (unpaired) electrons. The molecule has 1 aromatic heterocycles. The Morgan fingerprint density at radius 2 is 1.84 bits per heavy atom. The Morgan fingerprint density at radius 3 is 2.59 bits per heavy atom. The third-order valence-corrected chi connectivity index (χ3v) is 6.40. The lowest BCUT2D eigenvalue weighted by Crippen LogP contribution is -2.32. The third-order valence-electron chi connectivity index (χ3n) is 6.40. The van der Waals surface area contributed by atoms with Crippen molar-refractivity contribution in [1.82, 2.24) is 15.3 Å². The molecule has 1 fully saturated rings. The second-order valence-corrected chi connectivity index (χ2v) is 8.25. The van der Waals surface area contributed by atoms with Crippen LogP contribution in [0.15, 0.2) is 48.7 Å². The van der Waals surface area contributed by atoms with E-state index in [9.17, 15) is 10.1 Å². The molecule has 32 heavy (non-hydrogen) atoms. The number of aromatic nitrogens is 2. The number of fused-ring (bicyclic) bond motifs is 1. The quantitative estimate of drug-likeness (QED) is 0.666. The van der Waals surface area contributed by atoms with Gasteiger partial charge in [-0.05, 0) is 42.5 Å². The van der Waals surface area contributed by atoms with E-state index in [2.05, 4.69) is 16.4 Å². The summed E-state index contributed by atoms with van der Waals surface area (Å²) in [6.07, 6.45) is 3.83. The summed E-state index contributed by atoms with van der Waals surface area (Å²) in [5.74, 6) is 0.293. The van der Waals surface area contributed by atoms with Gasteiger partial charge in [0.15, 0.2) is 0 Å². The van der Waals surface area contributed by atoms with E-state index in [0.717, 1.165) is 28.7 Å². The molecular weight excluding hydrogens is 402 g/mol. The number of carbonyl (C=O) groups is 1. The van der Waals surface area contributed by atoms with Crippen LogP contribution in [0.1, 0.15) is 34.3 Å². The fraction of sp³-hybridized carbons (Fsp3) is 0.280. The molecule has 0 atom stereocenters. The summed E-state index contributed by atoms with van der Waals surface area (Å²) in [4.78, 5) is 21.2. The maximum absolute atomic E-state index is 12.0. The van der Waals surface area contributed by atoms with Crippen LogP contribution in [-0.2, 0) is 16.6 Å². The van der Waals surface area contributed by atoms with Crippen molar-refractivity contribution in [2.24, 2.45) is 0 Å². The summed E-state index contributed by atoms with van der Waals surface area (Å²) in [7, 11) is 0. The van der Waals surface area contributed by atoms with E-state index < -0.39 is 5.41 Å². The molecule has 1 amide bonds. The molecule has 160 valence electrons. The Bertz CT molecular complexity index is 1220. The van der Waals surface area contributed by atoms with Gasteiger partial charge in [-0.3, -0.25) is 4.79 Å². The predicted molar refractivity (Wildman–Crippen MR) is 121 cm³/mol. The SMILES string of the molecule is N#CC1(c2ccc(-c3cnc(N)c(-c4ccc5c(c4)CCNC5=O)n3)cc2)CCOCC1. The summed E-state index contributed by atoms with van der Waals surface area (Å²) in [5.41, 5.74) is 11.4. The first-order valence-corrected chi connectivity index (χ1v) is 10.7. The zero-order chi connectivity index (χ0) is 22.1. The van der Waals surface area contributed by atoms with Crippen LogP contribution in [0.5, 0.6) is 0 Å². The summed E-state index contributed by atoms with van der Waals surface area (Å²) in [5, 5.41) is 12.7. The van der Waals surface area contributed by atoms with Crippen molar-refractivity contribution in [1.29, 1.82) is 5.26 Å². The number of nitrogens with one attached hydrogen (secondary N) is 1. The van der Waals surface area contributed by atoms with Crippen LogP contribution in [0.4, 0.5) is 5.82 Å². The van der Waals surface area contributed by atoms with Gasteiger partial charge in [0.1, 0.15) is 11.5 Å². The molecule has 0 aliphatic carbocycles. The Kier molecular flexibility index (Phi) is 5.08. The van der Waals surface area contributed by atoms with E-state index in [1.54, 1.807) is 6.20 Å².